The van der Waals surface area contributed by atoms with Crippen molar-refractivity contribution in [2.45, 2.75) is 0 Å². The zero-order chi connectivity index (χ0) is 18.2. The number of nitro benzene ring substituents is 1. The maximum Gasteiger partial charge on any atom is 0.288 e. The number of benzene rings is 2. The second-order valence-electron chi connectivity index (χ2n) is 4.84. The Balaban J connectivity index is 1.85. The van der Waals surface area contributed by atoms with E-state index < -0.39 is 4.92 Å². The van der Waals surface area contributed by atoms with Crippen molar-refractivity contribution < 1.29 is 14.5 Å². The zero-order valence-electron chi connectivity index (χ0n) is 13.2. The topological polar surface area (TPSA) is 106 Å². The minimum Gasteiger partial charge on any atom is -0.497 e. The Morgan fingerprint density at radius 1 is 1.32 bits per heavy atom. The number of carbonyl (C=O) groups excluding carboxylic acids is 1. The molecular weight excluding hydrogens is 348 g/mol. The molecule has 0 radical (unpaired) electrons. The standard InChI is InChI=1S/C16H15ClN4O4/c1-25-13-5-3-12(4-6-13)18-10-16(22)20-19-9-11-2-7-14(17)15(8-11)21(23)24/h2-9,18H,10H2,1H3,(H,20,22)/b19-9-. The molecule has 0 heterocycles. The van der Waals surface area contributed by atoms with Crippen molar-refractivity contribution in [3.05, 3.63) is 63.2 Å². The Morgan fingerprint density at radius 3 is 2.68 bits per heavy atom. The molecule has 0 aromatic heterocycles. The Morgan fingerprint density at radius 2 is 2.04 bits per heavy atom. The van der Waals surface area contributed by atoms with Gasteiger partial charge in [-0.15, -0.1) is 0 Å². The van der Waals surface area contributed by atoms with Gasteiger partial charge in [0.05, 0.1) is 24.8 Å². The number of amides is 1. The van der Waals surface area contributed by atoms with Gasteiger partial charge in [0.2, 0.25) is 0 Å². The van der Waals surface area contributed by atoms with Gasteiger partial charge < -0.3 is 10.1 Å². The molecule has 2 N–H and O–H groups in total. The molecule has 2 aromatic carbocycles. The van der Waals surface area contributed by atoms with E-state index in [1.165, 1.54) is 18.3 Å². The number of halogens is 1. The number of anilines is 1. The average Bonchev–Trinajstić information content (AvgIpc) is 2.61. The molecule has 0 aliphatic carbocycles. The maximum absolute atomic E-state index is 11.7. The Bertz CT molecular complexity index is 793. The van der Waals surface area contributed by atoms with Crippen LogP contribution in [0, 0.1) is 10.1 Å². The van der Waals surface area contributed by atoms with Crippen molar-refractivity contribution in [3.63, 3.8) is 0 Å². The van der Waals surface area contributed by atoms with E-state index in [0.29, 0.717) is 5.56 Å². The summed E-state index contributed by atoms with van der Waals surface area (Å²) in [7, 11) is 1.57. The Labute approximate surface area is 148 Å². The van der Waals surface area contributed by atoms with Crippen LogP contribution in [0.25, 0.3) is 0 Å². The number of nitro groups is 1. The lowest BCUT2D eigenvalue weighted by Crippen LogP contribution is -2.25. The van der Waals surface area contributed by atoms with Crippen LogP contribution in [0.4, 0.5) is 11.4 Å². The quantitative estimate of drug-likeness (QED) is 0.447. The van der Waals surface area contributed by atoms with Gasteiger partial charge in [-0.2, -0.15) is 5.10 Å². The molecule has 0 fully saturated rings. The highest BCUT2D eigenvalue weighted by Crippen LogP contribution is 2.24. The molecular formula is C16H15ClN4O4. The van der Waals surface area contributed by atoms with Crippen LogP contribution in [0.2, 0.25) is 5.02 Å². The summed E-state index contributed by atoms with van der Waals surface area (Å²) in [4.78, 5) is 21.9. The molecule has 0 spiro atoms. The molecule has 25 heavy (non-hydrogen) atoms. The molecule has 2 aromatic rings. The number of hydrazone groups is 1. The second-order valence-corrected chi connectivity index (χ2v) is 5.25. The fourth-order valence-electron chi connectivity index (χ4n) is 1.86. The minimum atomic E-state index is -0.586. The molecule has 2 rings (SSSR count). The van der Waals surface area contributed by atoms with E-state index in [4.69, 9.17) is 16.3 Å². The number of nitrogens with one attached hydrogen (secondary N) is 2. The number of nitrogens with zero attached hydrogens (tertiary/aromatic N) is 2. The molecule has 0 bridgehead atoms. The summed E-state index contributed by atoms with van der Waals surface area (Å²) in [5, 5.41) is 17.5. The van der Waals surface area contributed by atoms with Gasteiger partial charge in [0.15, 0.2) is 0 Å². The highest BCUT2D eigenvalue weighted by Gasteiger charge is 2.11. The Kier molecular flexibility index (Phi) is 6.30. The first kappa shape index (κ1) is 18.2. The number of ether oxygens (including phenoxy) is 1. The molecule has 1 amide bonds. The van der Waals surface area contributed by atoms with Gasteiger partial charge >= 0.3 is 0 Å². The first-order valence-corrected chi connectivity index (χ1v) is 7.51. The number of carbonyl (C=O) groups is 1. The maximum atomic E-state index is 11.7. The van der Waals surface area contributed by atoms with E-state index in [1.807, 2.05) is 0 Å². The van der Waals surface area contributed by atoms with Gasteiger partial charge in [0.25, 0.3) is 11.6 Å². The third kappa shape index (κ3) is 5.47. The summed E-state index contributed by atoms with van der Waals surface area (Å²) in [5.41, 5.74) is 3.31. The summed E-state index contributed by atoms with van der Waals surface area (Å²) in [5.74, 6) is 0.354. The molecule has 0 atom stereocenters. The van der Waals surface area contributed by atoms with Crippen molar-refractivity contribution in [1.82, 2.24) is 5.43 Å². The summed E-state index contributed by atoms with van der Waals surface area (Å²) in [6.07, 6.45) is 1.30. The molecule has 9 heteroatoms. The summed E-state index contributed by atoms with van der Waals surface area (Å²) in [6.45, 7) is 0.0183. The minimum absolute atomic E-state index is 0.0183. The monoisotopic (exact) mass is 362 g/mol. The van der Waals surface area contributed by atoms with Crippen molar-refractivity contribution in [2.24, 2.45) is 5.10 Å². The van der Waals surface area contributed by atoms with Crippen LogP contribution in [0.5, 0.6) is 5.75 Å². The number of hydrogen-bond acceptors (Lipinski definition) is 6. The number of methoxy groups -OCH3 is 1. The number of hydrogen-bond donors (Lipinski definition) is 2. The first-order valence-electron chi connectivity index (χ1n) is 7.13. The van der Waals surface area contributed by atoms with Crippen LogP contribution < -0.4 is 15.5 Å². The highest BCUT2D eigenvalue weighted by atomic mass is 35.5. The van der Waals surface area contributed by atoms with E-state index in [-0.39, 0.29) is 23.2 Å². The van der Waals surface area contributed by atoms with Crippen LogP contribution in [0.15, 0.2) is 47.6 Å². The molecule has 0 aliphatic heterocycles. The lowest BCUT2D eigenvalue weighted by atomic mass is 10.2. The predicted molar refractivity (Wildman–Crippen MR) is 95.3 cm³/mol. The van der Waals surface area contributed by atoms with Crippen LogP contribution >= 0.6 is 11.6 Å². The second kappa shape index (κ2) is 8.65. The van der Waals surface area contributed by atoms with Crippen molar-refractivity contribution in [3.8, 4) is 5.75 Å². The molecule has 0 aliphatic rings. The van der Waals surface area contributed by atoms with E-state index in [0.717, 1.165) is 11.4 Å². The lowest BCUT2D eigenvalue weighted by molar-refractivity contribution is -0.384. The van der Waals surface area contributed by atoms with Crippen LogP contribution in [-0.2, 0) is 4.79 Å². The summed E-state index contributed by atoms with van der Waals surface area (Å²) >= 11 is 5.72. The molecule has 0 saturated carbocycles. The normalized spacial score (nSPS) is 10.5. The first-order chi connectivity index (χ1) is 12.0. The van der Waals surface area contributed by atoms with Gasteiger partial charge in [-0.3, -0.25) is 14.9 Å². The average molecular weight is 363 g/mol. The number of rotatable bonds is 7. The highest BCUT2D eigenvalue weighted by molar-refractivity contribution is 6.32. The van der Waals surface area contributed by atoms with E-state index >= 15 is 0 Å². The third-order valence-electron chi connectivity index (χ3n) is 3.11. The van der Waals surface area contributed by atoms with Crippen molar-refractivity contribution >= 4 is 35.1 Å². The Hall–Kier alpha value is -3.13. The van der Waals surface area contributed by atoms with Gasteiger partial charge in [0.1, 0.15) is 10.8 Å². The van der Waals surface area contributed by atoms with Gasteiger partial charge in [-0.25, -0.2) is 5.43 Å². The van der Waals surface area contributed by atoms with E-state index in [9.17, 15) is 14.9 Å². The lowest BCUT2D eigenvalue weighted by Gasteiger charge is -2.06. The van der Waals surface area contributed by atoms with E-state index in [2.05, 4.69) is 15.8 Å². The van der Waals surface area contributed by atoms with Crippen LogP contribution in [0.3, 0.4) is 0 Å². The van der Waals surface area contributed by atoms with Crippen LogP contribution in [0.1, 0.15) is 5.56 Å². The summed E-state index contributed by atoms with van der Waals surface area (Å²) < 4.78 is 5.04. The van der Waals surface area contributed by atoms with Gasteiger partial charge in [-0.05, 0) is 30.3 Å². The van der Waals surface area contributed by atoms with Crippen LogP contribution in [-0.4, -0.2) is 30.7 Å². The van der Waals surface area contributed by atoms with Crippen molar-refractivity contribution in [2.75, 3.05) is 19.0 Å². The SMILES string of the molecule is COc1ccc(NCC(=O)N/N=C\c2ccc(Cl)c([N+](=O)[O-])c2)cc1. The smallest absolute Gasteiger partial charge is 0.288 e. The predicted octanol–water partition coefficient (Wildman–Crippen LogP) is 2.82. The molecule has 0 unspecified atom stereocenters. The van der Waals surface area contributed by atoms with Gasteiger partial charge in [0, 0.05) is 17.3 Å². The largest absolute Gasteiger partial charge is 0.497 e. The molecule has 0 saturated heterocycles. The fraction of sp³-hybridized carbons (Fsp3) is 0.125. The van der Waals surface area contributed by atoms with Gasteiger partial charge in [-0.1, -0.05) is 17.7 Å². The summed E-state index contributed by atoms with van der Waals surface area (Å²) in [6, 6.07) is 11.3. The van der Waals surface area contributed by atoms with Crippen molar-refractivity contribution in [1.29, 1.82) is 0 Å². The zero-order valence-corrected chi connectivity index (χ0v) is 14.0. The third-order valence-corrected chi connectivity index (χ3v) is 3.43. The van der Waals surface area contributed by atoms with E-state index in [1.54, 1.807) is 37.4 Å². The molecule has 130 valence electrons. The molecule has 8 nitrogen and oxygen atoms in total. The fourth-order valence-corrected chi connectivity index (χ4v) is 2.05.